The number of likely N-dealkylation sites (N-methyl/N-ethyl adjacent to an activating group) is 1. The molecule has 1 unspecified atom stereocenters. The lowest BCUT2D eigenvalue weighted by molar-refractivity contribution is -0.122. The summed E-state index contributed by atoms with van der Waals surface area (Å²) < 4.78 is 25.3. The Kier molecular flexibility index (Phi) is 7.46. The van der Waals surface area contributed by atoms with Gasteiger partial charge in [-0.2, -0.15) is 4.31 Å². The fraction of sp³-hybridized carbons (Fsp3) is 0.938. The van der Waals surface area contributed by atoms with Crippen molar-refractivity contribution < 1.29 is 13.2 Å². The van der Waals surface area contributed by atoms with Crippen molar-refractivity contribution in [1.82, 2.24) is 19.4 Å². The van der Waals surface area contributed by atoms with Crippen molar-refractivity contribution in [1.29, 1.82) is 0 Å². The monoisotopic (exact) mass is 360 g/mol. The molecule has 8 heteroatoms. The van der Waals surface area contributed by atoms with E-state index in [1.807, 2.05) is 0 Å². The number of rotatable bonds is 7. The van der Waals surface area contributed by atoms with Crippen LogP contribution in [0.4, 0.5) is 0 Å². The zero-order valence-corrected chi connectivity index (χ0v) is 15.9. The minimum atomic E-state index is -3.15. The average Bonchev–Trinajstić information content (AvgIpc) is 2.55. The molecule has 0 spiro atoms. The zero-order chi connectivity index (χ0) is 17.6. The number of hydrogen-bond acceptors (Lipinski definition) is 5. The number of piperidine rings is 1. The number of carbonyl (C=O) groups is 1. The highest BCUT2D eigenvalue weighted by atomic mass is 32.2. The van der Waals surface area contributed by atoms with E-state index in [9.17, 15) is 13.2 Å². The van der Waals surface area contributed by atoms with Crippen LogP contribution in [-0.4, -0.2) is 93.1 Å². The summed E-state index contributed by atoms with van der Waals surface area (Å²) >= 11 is 0. The first-order valence-corrected chi connectivity index (χ1v) is 10.9. The predicted octanol–water partition coefficient (Wildman–Crippen LogP) is -0.0557. The summed E-state index contributed by atoms with van der Waals surface area (Å²) in [6.45, 7) is 8.75. The number of carbonyl (C=O) groups excluding carboxylic acids is 1. The molecule has 0 aromatic carbocycles. The predicted molar refractivity (Wildman–Crippen MR) is 95.4 cm³/mol. The van der Waals surface area contributed by atoms with Gasteiger partial charge in [-0.3, -0.25) is 9.69 Å². The van der Waals surface area contributed by atoms with E-state index in [1.54, 1.807) is 4.31 Å². The molecule has 1 N–H and O–H groups in total. The molecular weight excluding hydrogens is 328 g/mol. The third kappa shape index (κ3) is 5.98. The molecule has 1 atom stereocenters. The summed E-state index contributed by atoms with van der Waals surface area (Å²) in [7, 11) is -3.15. The maximum Gasteiger partial charge on any atom is 0.234 e. The van der Waals surface area contributed by atoms with Crippen LogP contribution in [0.1, 0.15) is 32.6 Å². The van der Waals surface area contributed by atoms with Crippen LogP contribution in [0.5, 0.6) is 0 Å². The highest BCUT2D eigenvalue weighted by Crippen LogP contribution is 2.21. The van der Waals surface area contributed by atoms with Crippen molar-refractivity contribution in [2.24, 2.45) is 0 Å². The Balaban J connectivity index is 1.68. The second-order valence-corrected chi connectivity index (χ2v) is 8.81. The quantitative estimate of drug-likeness (QED) is 0.689. The fourth-order valence-electron chi connectivity index (χ4n) is 3.60. The van der Waals surface area contributed by atoms with E-state index in [2.05, 4.69) is 22.0 Å². The van der Waals surface area contributed by atoms with Crippen molar-refractivity contribution in [2.45, 2.75) is 38.6 Å². The molecule has 0 saturated carbocycles. The first-order valence-electron chi connectivity index (χ1n) is 9.08. The molecule has 0 aromatic rings. The largest absolute Gasteiger partial charge is 0.355 e. The SMILES string of the molecule is CCN1CCN(CC(=O)NCCC2CCCCN2S(C)(=O)=O)CC1. The highest BCUT2D eigenvalue weighted by molar-refractivity contribution is 7.88. The van der Waals surface area contributed by atoms with Gasteiger partial charge >= 0.3 is 0 Å². The Morgan fingerprint density at radius 1 is 1.08 bits per heavy atom. The first-order chi connectivity index (χ1) is 11.4. The van der Waals surface area contributed by atoms with Gasteiger partial charge < -0.3 is 10.2 Å². The molecule has 140 valence electrons. The first kappa shape index (κ1) is 19.6. The Hall–Kier alpha value is -0.700. The Morgan fingerprint density at radius 2 is 1.75 bits per heavy atom. The van der Waals surface area contributed by atoms with Crippen molar-refractivity contribution >= 4 is 15.9 Å². The van der Waals surface area contributed by atoms with E-state index >= 15 is 0 Å². The van der Waals surface area contributed by atoms with Gasteiger partial charge in [-0.05, 0) is 25.8 Å². The summed E-state index contributed by atoms with van der Waals surface area (Å²) in [6.07, 6.45) is 4.86. The molecule has 0 bridgehead atoms. The smallest absolute Gasteiger partial charge is 0.234 e. The van der Waals surface area contributed by atoms with Gasteiger partial charge in [-0.15, -0.1) is 0 Å². The summed E-state index contributed by atoms with van der Waals surface area (Å²) in [6, 6.07) is 0.0298. The lowest BCUT2D eigenvalue weighted by Gasteiger charge is -2.34. The van der Waals surface area contributed by atoms with Crippen molar-refractivity contribution in [3.8, 4) is 0 Å². The molecule has 2 fully saturated rings. The normalized spacial score (nSPS) is 24.8. The fourth-order valence-corrected chi connectivity index (χ4v) is 4.81. The maximum absolute atomic E-state index is 12.1. The maximum atomic E-state index is 12.1. The third-order valence-electron chi connectivity index (χ3n) is 5.08. The van der Waals surface area contributed by atoms with Gasteiger partial charge in [-0.25, -0.2) is 8.42 Å². The zero-order valence-electron chi connectivity index (χ0n) is 15.0. The van der Waals surface area contributed by atoms with E-state index in [1.165, 1.54) is 6.26 Å². The van der Waals surface area contributed by atoms with Gasteiger partial charge in [0.2, 0.25) is 15.9 Å². The van der Waals surface area contributed by atoms with Gasteiger partial charge in [0.25, 0.3) is 0 Å². The van der Waals surface area contributed by atoms with E-state index in [4.69, 9.17) is 0 Å². The van der Waals surface area contributed by atoms with Crippen LogP contribution in [0.3, 0.4) is 0 Å². The number of nitrogens with zero attached hydrogens (tertiary/aromatic N) is 3. The minimum Gasteiger partial charge on any atom is -0.355 e. The van der Waals surface area contributed by atoms with Gasteiger partial charge in [0.05, 0.1) is 12.8 Å². The summed E-state index contributed by atoms with van der Waals surface area (Å²) in [5, 5.41) is 2.96. The van der Waals surface area contributed by atoms with Crippen LogP contribution in [0.25, 0.3) is 0 Å². The van der Waals surface area contributed by atoms with Crippen LogP contribution in [0, 0.1) is 0 Å². The second kappa shape index (κ2) is 9.12. The van der Waals surface area contributed by atoms with Crippen LogP contribution >= 0.6 is 0 Å². The molecule has 24 heavy (non-hydrogen) atoms. The Labute approximate surface area is 146 Å². The van der Waals surface area contributed by atoms with Gasteiger partial charge in [0.1, 0.15) is 0 Å². The summed E-state index contributed by atoms with van der Waals surface area (Å²) in [5.74, 6) is 0.0432. The average molecular weight is 361 g/mol. The van der Waals surface area contributed by atoms with Crippen LogP contribution in [-0.2, 0) is 14.8 Å². The number of piperazine rings is 1. The minimum absolute atomic E-state index is 0.0298. The van der Waals surface area contributed by atoms with Crippen molar-refractivity contribution in [3.05, 3.63) is 0 Å². The van der Waals surface area contributed by atoms with E-state index in [0.717, 1.165) is 52.0 Å². The number of amides is 1. The van der Waals surface area contributed by atoms with Crippen molar-refractivity contribution in [3.63, 3.8) is 0 Å². The molecule has 0 aliphatic carbocycles. The Morgan fingerprint density at radius 3 is 2.38 bits per heavy atom. The Bertz CT molecular complexity index is 503. The summed E-state index contributed by atoms with van der Waals surface area (Å²) in [4.78, 5) is 16.7. The number of hydrogen-bond donors (Lipinski definition) is 1. The lowest BCUT2D eigenvalue weighted by atomic mass is 10.0. The number of sulfonamides is 1. The molecule has 1 amide bonds. The molecule has 2 aliphatic rings. The van der Waals surface area contributed by atoms with Crippen LogP contribution in [0.15, 0.2) is 0 Å². The molecule has 2 aliphatic heterocycles. The van der Waals surface area contributed by atoms with Gasteiger partial charge in [-0.1, -0.05) is 13.3 Å². The third-order valence-corrected chi connectivity index (χ3v) is 6.41. The standard InChI is InChI=1S/C16H32N4O3S/c1-3-18-10-12-19(13-11-18)14-16(21)17-8-7-15-6-4-5-9-20(15)24(2,22)23/h15H,3-14H2,1-2H3,(H,17,21). The van der Waals surface area contributed by atoms with E-state index in [-0.39, 0.29) is 11.9 Å². The molecule has 2 saturated heterocycles. The number of nitrogens with one attached hydrogen (secondary N) is 1. The lowest BCUT2D eigenvalue weighted by Crippen LogP contribution is -2.49. The van der Waals surface area contributed by atoms with Crippen molar-refractivity contribution in [2.75, 3.05) is 58.6 Å². The molecular formula is C16H32N4O3S. The molecule has 2 rings (SSSR count). The molecule has 0 aromatic heterocycles. The van der Waals surface area contributed by atoms with Gasteiger partial charge in [0, 0.05) is 45.3 Å². The van der Waals surface area contributed by atoms with E-state index in [0.29, 0.717) is 26.1 Å². The summed E-state index contributed by atoms with van der Waals surface area (Å²) in [5.41, 5.74) is 0. The van der Waals surface area contributed by atoms with E-state index < -0.39 is 10.0 Å². The van der Waals surface area contributed by atoms with Gasteiger partial charge in [0.15, 0.2) is 0 Å². The molecule has 7 nitrogen and oxygen atoms in total. The highest BCUT2D eigenvalue weighted by Gasteiger charge is 2.29. The molecule has 2 heterocycles. The second-order valence-electron chi connectivity index (χ2n) is 6.87. The topological polar surface area (TPSA) is 73.0 Å². The van der Waals surface area contributed by atoms with Crippen LogP contribution < -0.4 is 5.32 Å². The van der Waals surface area contributed by atoms with Crippen LogP contribution in [0.2, 0.25) is 0 Å². The molecule has 0 radical (unpaired) electrons.